The van der Waals surface area contributed by atoms with Crippen LogP contribution in [0.15, 0.2) is 62.6 Å². The van der Waals surface area contributed by atoms with E-state index in [0.717, 1.165) is 33.1 Å². The van der Waals surface area contributed by atoms with Crippen molar-refractivity contribution >= 4 is 50.3 Å². The standard InChI is InChI=1S/C22H21BrN4O2S/c1-3-14-7-5-6-8-17(14)24-20(28)13-30-22-26-25-21(27(22)4-2)19-12-15-11-16(23)9-10-18(15)29-19/h5-12H,3-4,13H2,1-2H3,(H,24,28). The van der Waals surface area contributed by atoms with Gasteiger partial charge in [0, 0.05) is 22.1 Å². The number of aryl methyl sites for hydroxylation is 1. The zero-order valence-corrected chi connectivity index (χ0v) is 19.1. The first-order valence-electron chi connectivity index (χ1n) is 9.72. The summed E-state index contributed by atoms with van der Waals surface area (Å²) in [6, 6.07) is 15.7. The molecule has 2 aromatic carbocycles. The van der Waals surface area contributed by atoms with Gasteiger partial charge in [-0.1, -0.05) is 52.8 Å². The van der Waals surface area contributed by atoms with Crippen molar-refractivity contribution in [2.24, 2.45) is 0 Å². The molecule has 0 atom stereocenters. The van der Waals surface area contributed by atoms with Gasteiger partial charge < -0.3 is 9.73 Å². The fourth-order valence-corrected chi connectivity index (χ4v) is 4.44. The van der Waals surface area contributed by atoms with Crippen LogP contribution in [0.1, 0.15) is 19.4 Å². The van der Waals surface area contributed by atoms with Crippen molar-refractivity contribution in [3.05, 3.63) is 58.6 Å². The monoisotopic (exact) mass is 484 g/mol. The van der Waals surface area contributed by atoms with Crippen LogP contribution in [0, 0.1) is 0 Å². The van der Waals surface area contributed by atoms with Gasteiger partial charge in [0.15, 0.2) is 10.9 Å². The molecule has 1 N–H and O–H groups in total. The first kappa shape index (κ1) is 20.7. The number of anilines is 1. The molecule has 6 nitrogen and oxygen atoms in total. The molecule has 0 saturated carbocycles. The molecule has 30 heavy (non-hydrogen) atoms. The zero-order chi connectivity index (χ0) is 21.1. The van der Waals surface area contributed by atoms with E-state index in [1.165, 1.54) is 11.8 Å². The minimum atomic E-state index is -0.0679. The van der Waals surface area contributed by atoms with Gasteiger partial charge in [-0.2, -0.15) is 0 Å². The number of carbonyl (C=O) groups excluding carboxylic acids is 1. The van der Waals surface area contributed by atoms with Crippen molar-refractivity contribution in [2.75, 3.05) is 11.1 Å². The average Bonchev–Trinajstić information content (AvgIpc) is 3.35. The zero-order valence-electron chi connectivity index (χ0n) is 16.7. The lowest BCUT2D eigenvalue weighted by molar-refractivity contribution is -0.113. The van der Waals surface area contributed by atoms with E-state index in [2.05, 4.69) is 38.4 Å². The van der Waals surface area contributed by atoms with Crippen molar-refractivity contribution in [2.45, 2.75) is 32.0 Å². The second kappa shape index (κ2) is 9.06. The molecule has 0 aliphatic heterocycles. The highest BCUT2D eigenvalue weighted by atomic mass is 79.9. The summed E-state index contributed by atoms with van der Waals surface area (Å²) < 4.78 is 8.92. The number of aromatic nitrogens is 3. The van der Waals surface area contributed by atoms with Gasteiger partial charge in [-0.05, 0) is 49.2 Å². The smallest absolute Gasteiger partial charge is 0.234 e. The highest BCUT2D eigenvalue weighted by Crippen LogP contribution is 2.30. The number of hydrogen-bond donors (Lipinski definition) is 1. The van der Waals surface area contributed by atoms with Crippen LogP contribution in [0.25, 0.3) is 22.6 Å². The molecule has 0 radical (unpaired) electrons. The molecule has 2 aromatic heterocycles. The molecule has 1 amide bonds. The first-order valence-corrected chi connectivity index (χ1v) is 11.5. The number of para-hydroxylation sites is 1. The van der Waals surface area contributed by atoms with Crippen LogP contribution in [-0.4, -0.2) is 26.4 Å². The van der Waals surface area contributed by atoms with Crippen molar-refractivity contribution in [3.8, 4) is 11.6 Å². The summed E-state index contributed by atoms with van der Waals surface area (Å²) in [5.74, 6) is 1.50. The summed E-state index contributed by atoms with van der Waals surface area (Å²) in [6.07, 6.45) is 0.866. The lowest BCUT2D eigenvalue weighted by Crippen LogP contribution is -2.15. The number of amides is 1. The second-order valence-corrected chi connectivity index (χ2v) is 8.55. The lowest BCUT2D eigenvalue weighted by atomic mass is 10.1. The SMILES string of the molecule is CCc1ccccc1NC(=O)CSc1nnc(-c2cc3cc(Br)ccc3o2)n1CC. The van der Waals surface area contributed by atoms with Crippen molar-refractivity contribution < 1.29 is 9.21 Å². The third-order valence-electron chi connectivity index (χ3n) is 4.74. The van der Waals surface area contributed by atoms with Gasteiger partial charge in [0.2, 0.25) is 11.7 Å². The Morgan fingerprint density at radius 1 is 1.17 bits per heavy atom. The third kappa shape index (κ3) is 4.29. The molecule has 8 heteroatoms. The number of thioether (sulfide) groups is 1. The van der Waals surface area contributed by atoms with Gasteiger partial charge in [-0.25, -0.2) is 0 Å². The summed E-state index contributed by atoms with van der Waals surface area (Å²) in [7, 11) is 0. The van der Waals surface area contributed by atoms with Crippen LogP contribution in [0.3, 0.4) is 0 Å². The van der Waals surface area contributed by atoms with Gasteiger partial charge in [0.25, 0.3) is 0 Å². The van der Waals surface area contributed by atoms with Gasteiger partial charge in [0.1, 0.15) is 5.58 Å². The maximum atomic E-state index is 12.5. The molecule has 4 rings (SSSR count). The highest BCUT2D eigenvalue weighted by Gasteiger charge is 2.18. The Morgan fingerprint density at radius 2 is 2.00 bits per heavy atom. The number of benzene rings is 2. The quantitative estimate of drug-likeness (QED) is 0.337. The van der Waals surface area contributed by atoms with Crippen LogP contribution >= 0.6 is 27.7 Å². The van der Waals surface area contributed by atoms with Gasteiger partial charge in [-0.3, -0.25) is 9.36 Å². The van der Waals surface area contributed by atoms with E-state index in [0.29, 0.717) is 23.3 Å². The van der Waals surface area contributed by atoms with Crippen LogP contribution in [0.5, 0.6) is 0 Å². The van der Waals surface area contributed by atoms with E-state index in [1.54, 1.807) is 0 Å². The predicted octanol–water partition coefficient (Wildman–Crippen LogP) is 5.77. The molecule has 0 bridgehead atoms. The minimum Gasteiger partial charge on any atom is -0.453 e. The molecule has 0 unspecified atom stereocenters. The predicted molar refractivity (Wildman–Crippen MR) is 124 cm³/mol. The number of furan rings is 1. The Kier molecular flexibility index (Phi) is 6.24. The van der Waals surface area contributed by atoms with Crippen molar-refractivity contribution in [1.29, 1.82) is 0 Å². The van der Waals surface area contributed by atoms with Crippen LogP contribution in [-0.2, 0) is 17.8 Å². The average molecular weight is 485 g/mol. The fourth-order valence-electron chi connectivity index (χ4n) is 3.25. The maximum Gasteiger partial charge on any atom is 0.234 e. The fraction of sp³-hybridized carbons (Fsp3) is 0.227. The molecule has 154 valence electrons. The summed E-state index contributed by atoms with van der Waals surface area (Å²) in [5, 5.41) is 13.3. The van der Waals surface area contributed by atoms with Crippen LogP contribution in [0.4, 0.5) is 5.69 Å². The van der Waals surface area contributed by atoms with Gasteiger partial charge in [-0.15, -0.1) is 10.2 Å². The number of carbonyl (C=O) groups is 1. The number of fused-ring (bicyclic) bond motifs is 1. The molecule has 0 saturated heterocycles. The second-order valence-electron chi connectivity index (χ2n) is 6.69. The highest BCUT2D eigenvalue weighted by molar-refractivity contribution is 9.10. The summed E-state index contributed by atoms with van der Waals surface area (Å²) >= 11 is 4.85. The largest absolute Gasteiger partial charge is 0.453 e. The Morgan fingerprint density at radius 3 is 2.80 bits per heavy atom. The van der Waals surface area contributed by atoms with Crippen molar-refractivity contribution in [1.82, 2.24) is 14.8 Å². The number of hydrogen-bond acceptors (Lipinski definition) is 5. The molecule has 2 heterocycles. The minimum absolute atomic E-state index is 0.0679. The molecule has 0 aliphatic carbocycles. The van der Waals surface area contributed by atoms with E-state index >= 15 is 0 Å². The summed E-state index contributed by atoms with van der Waals surface area (Å²) in [6.45, 7) is 4.77. The Balaban J connectivity index is 1.50. The lowest BCUT2D eigenvalue weighted by Gasteiger charge is -2.09. The normalized spacial score (nSPS) is 11.2. The van der Waals surface area contributed by atoms with Crippen LogP contribution in [0.2, 0.25) is 0 Å². The Hall–Kier alpha value is -2.58. The molecular formula is C22H21BrN4O2S. The van der Waals surface area contributed by atoms with E-state index in [4.69, 9.17) is 4.42 Å². The van der Waals surface area contributed by atoms with Crippen LogP contribution < -0.4 is 5.32 Å². The van der Waals surface area contributed by atoms with E-state index in [9.17, 15) is 4.79 Å². The Bertz CT molecular complexity index is 1200. The number of halogens is 1. The summed E-state index contributed by atoms with van der Waals surface area (Å²) in [5.41, 5.74) is 2.77. The number of nitrogens with zero attached hydrogens (tertiary/aromatic N) is 3. The first-order chi connectivity index (χ1) is 14.6. The van der Waals surface area contributed by atoms with Gasteiger partial charge in [0.05, 0.1) is 5.75 Å². The molecular weight excluding hydrogens is 464 g/mol. The molecule has 0 fully saturated rings. The molecule has 0 spiro atoms. The summed E-state index contributed by atoms with van der Waals surface area (Å²) in [4.78, 5) is 12.5. The topological polar surface area (TPSA) is 73.0 Å². The van der Waals surface area contributed by atoms with E-state index < -0.39 is 0 Å². The molecule has 4 aromatic rings. The van der Waals surface area contributed by atoms with E-state index in [-0.39, 0.29) is 11.7 Å². The Labute approximate surface area is 187 Å². The van der Waals surface area contributed by atoms with E-state index in [1.807, 2.05) is 60.0 Å². The van der Waals surface area contributed by atoms with Crippen molar-refractivity contribution in [3.63, 3.8) is 0 Å². The maximum absolute atomic E-state index is 12.5. The number of nitrogens with one attached hydrogen (secondary N) is 1. The van der Waals surface area contributed by atoms with Gasteiger partial charge >= 0.3 is 0 Å². The number of rotatable bonds is 7. The third-order valence-corrected chi connectivity index (χ3v) is 6.20. The molecule has 0 aliphatic rings.